The van der Waals surface area contributed by atoms with Gasteiger partial charge in [0.25, 0.3) is 5.56 Å². The zero-order chi connectivity index (χ0) is 8.27. The molecule has 1 aromatic heterocycles. The third-order valence-electron chi connectivity index (χ3n) is 0.958. The van der Waals surface area contributed by atoms with Crippen molar-refractivity contribution in [2.75, 3.05) is 7.11 Å². The molecule has 60 valence electrons. The van der Waals surface area contributed by atoms with E-state index in [1.165, 1.54) is 7.11 Å². The molecule has 0 aliphatic heterocycles. The molecule has 1 rings (SSSR count). The van der Waals surface area contributed by atoms with E-state index in [0.717, 1.165) is 6.20 Å². The van der Waals surface area contributed by atoms with Crippen LogP contribution in [-0.4, -0.2) is 17.1 Å². The number of hydrogen-bond acceptors (Lipinski definition) is 4. The Morgan fingerprint density at radius 3 is 2.73 bits per heavy atom. The normalized spacial score (nSPS) is 9.55. The van der Waals surface area contributed by atoms with E-state index in [2.05, 4.69) is 14.8 Å². The van der Waals surface area contributed by atoms with Gasteiger partial charge in [-0.2, -0.15) is 4.89 Å². The maximum atomic E-state index is 10.7. The Hall–Kier alpha value is -1.56. The topological polar surface area (TPSA) is 84.2 Å². The van der Waals surface area contributed by atoms with Crippen molar-refractivity contribution in [1.29, 1.82) is 0 Å². The summed E-state index contributed by atoms with van der Waals surface area (Å²) >= 11 is 0. The first-order chi connectivity index (χ1) is 5.24. The third-order valence-corrected chi connectivity index (χ3v) is 0.958. The minimum atomic E-state index is -0.629. The second kappa shape index (κ2) is 3.02. The van der Waals surface area contributed by atoms with Gasteiger partial charge in [-0.05, 0) is 0 Å². The molecule has 0 aliphatic carbocycles. The van der Waals surface area contributed by atoms with Crippen molar-refractivity contribution in [1.82, 2.24) is 9.97 Å². The maximum absolute atomic E-state index is 10.7. The van der Waals surface area contributed by atoms with Crippen LogP contribution in [0.4, 0.5) is 0 Å². The Kier molecular flexibility index (Phi) is 2.07. The van der Waals surface area contributed by atoms with Crippen molar-refractivity contribution in [3.63, 3.8) is 0 Å². The van der Waals surface area contributed by atoms with Gasteiger partial charge in [-0.25, -0.2) is 4.79 Å². The molecule has 0 saturated carbocycles. The van der Waals surface area contributed by atoms with Gasteiger partial charge in [0.1, 0.15) is 0 Å². The Balaban J connectivity index is 3.10. The van der Waals surface area contributed by atoms with Gasteiger partial charge in [-0.15, -0.1) is 0 Å². The van der Waals surface area contributed by atoms with E-state index in [4.69, 9.17) is 0 Å². The average molecular weight is 158 g/mol. The van der Waals surface area contributed by atoms with Crippen molar-refractivity contribution in [2.45, 2.75) is 0 Å². The summed E-state index contributed by atoms with van der Waals surface area (Å²) in [7, 11) is 1.25. The molecule has 0 fully saturated rings. The number of aromatic amines is 2. The summed E-state index contributed by atoms with van der Waals surface area (Å²) in [6.07, 6.45) is 1.12. The second-order valence-corrected chi connectivity index (χ2v) is 1.69. The molecule has 6 nitrogen and oxygen atoms in total. The highest BCUT2D eigenvalue weighted by Crippen LogP contribution is 1.94. The van der Waals surface area contributed by atoms with E-state index in [1.807, 2.05) is 4.98 Å². The molecule has 11 heavy (non-hydrogen) atoms. The van der Waals surface area contributed by atoms with Gasteiger partial charge >= 0.3 is 5.69 Å². The molecule has 0 saturated heterocycles. The quantitative estimate of drug-likeness (QED) is 0.427. The van der Waals surface area contributed by atoms with E-state index in [9.17, 15) is 9.59 Å². The molecule has 0 radical (unpaired) electrons. The summed E-state index contributed by atoms with van der Waals surface area (Å²) in [4.78, 5) is 33.9. The van der Waals surface area contributed by atoms with Crippen LogP contribution in [0.3, 0.4) is 0 Å². The van der Waals surface area contributed by atoms with E-state index in [0.29, 0.717) is 0 Å². The molecule has 0 amide bonds. The first-order valence-electron chi connectivity index (χ1n) is 2.76. The summed E-state index contributed by atoms with van der Waals surface area (Å²) in [6.45, 7) is 0. The van der Waals surface area contributed by atoms with Gasteiger partial charge in [-0.3, -0.25) is 9.78 Å². The molecule has 0 bridgehead atoms. The van der Waals surface area contributed by atoms with Crippen LogP contribution in [0.25, 0.3) is 0 Å². The fourth-order valence-corrected chi connectivity index (χ4v) is 0.549. The molecule has 0 spiro atoms. The molecule has 2 N–H and O–H groups in total. The summed E-state index contributed by atoms with van der Waals surface area (Å²) < 4.78 is 0. The predicted octanol–water partition coefficient (Wildman–Crippen LogP) is -0.997. The van der Waals surface area contributed by atoms with Crippen molar-refractivity contribution < 1.29 is 9.78 Å². The molecule has 1 aromatic rings. The van der Waals surface area contributed by atoms with Crippen LogP contribution >= 0.6 is 0 Å². The zero-order valence-corrected chi connectivity index (χ0v) is 5.71. The molecule has 6 heteroatoms. The van der Waals surface area contributed by atoms with Crippen LogP contribution in [0, 0.1) is 0 Å². The Morgan fingerprint density at radius 2 is 2.18 bits per heavy atom. The van der Waals surface area contributed by atoms with E-state index >= 15 is 0 Å². The second-order valence-electron chi connectivity index (χ2n) is 1.69. The Bertz CT molecular complexity index is 339. The van der Waals surface area contributed by atoms with Crippen LogP contribution in [0.2, 0.25) is 0 Å². The summed E-state index contributed by atoms with van der Waals surface area (Å²) in [6, 6.07) is 0. The Labute approximate surface area is 60.7 Å². The van der Waals surface area contributed by atoms with Crippen LogP contribution in [0.1, 0.15) is 0 Å². The fourth-order valence-electron chi connectivity index (χ4n) is 0.549. The van der Waals surface area contributed by atoms with E-state index in [-0.39, 0.29) is 5.75 Å². The van der Waals surface area contributed by atoms with Gasteiger partial charge in [0, 0.05) is 0 Å². The molecule has 0 atom stereocenters. The molecule has 0 aliphatic rings. The van der Waals surface area contributed by atoms with Crippen molar-refractivity contribution >= 4 is 0 Å². The van der Waals surface area contributed by atoms with Crippen LogP contribution < -0.4 is 16.1 Å². The number of H-pyrrole nitrogens is 2. The number of aromatic nitrogens is 2. The lowest BCUT2D eigenvalue weighted by molar-refractivity contribution is -0.179. The average Bonchev–Trinajstić information content (AvgIpc) is 1.95. The summed E-state index contributed by atoms with van der Waals surface area (Å²) in [5.41, 5.74) is -1.21. The Morgan fingerprint density at radius 1 is 1.45 bits per heavy atom. The number of hydrogen-bond donors (Lipinski definition) is 2. The third kappa shape index (κ3) is 1.68. The highest BCUT2D eigenvalue weighted by atomic mass is 17.2. The minimum Gasteiger partial charge on any atom is -0.330 e. The highest BCUT2D eigenvalue weighted by molar-refractivity contribution is 5.09. The summed E-state index contributed by atoms with van der Waals surface area (Å²) in [5, 5.41) is 0. The van der Waals surface area contributed by atoms with Crippen LogP contribution in [0.5, 0.6) is 5.75 Å². The van der Waals surface area contributed by atoms with Gasteiger partial charge in [0.15, 0.2) is 0 Å². The molecule has 1 heterocycles. The lowest BCUT2D eigenvalue weighted by atomic mass is 10.6. The number of nitrogens with one attached hydrogen (secondary N) is 2. The smallest absolute Gasteiger partial charge is 0.325 e. The molecular weight excluding hydrogens is 152 g/mol. The summed E-state index contributed by atoms with van der Waals surface area (Å²) in [5.74, 6) is -0.0906. The molecule has 0 aromatic carbocycles. The molecule has 0 unspecified atom stereocenters. The lowest BCUT2D eigenvalue weighted by Crippen LogP contribution is -2.22. The monoisotopic (exact) mass is 158 g/mol. The van der Waals surface area contributed by atoms with Gasteiger partial charge in [0.05, 0.1) is 13.3 Å². The van der Waals surface area contributed by atoms with Gasteiger partial charge in [0.2, 0.25) is 5.75 Å². The lowest BCUT2D eigenvalue weighted by Gasteiger charge is -1.95. The fraction of sp³-hybridized carbons (Fsp3) is 0.200. The van der Waals surface area contributed by atoms with Gasteiger partial charge < -0.3 is 9.87 Å². The minimum absolute atomic E-state index is 0.0906. The van der Waals surface area contributed by atoms with E-state index in [1.54, 1.807) is 0 Å². The van der Waals surface area contributed by atoms with E-state index < -0.39 is 11.2 Å². The predicted molar refractivity (Wildman–Crippen MR) is 35.3 cm³/mol. The first-order valence-corrected chi connectivity index (χ1v) is 2.76. The van der Waals surface area contributed by atoms with Crippen LogP contribution in [-0.2, 0) is 4.89 Å². The maximum Gasteiger partial charge on any atom is 0.325 e. The first kappa shape index (κ1) is 7.55. The van der Waals surface area contributed by atoms with Crippen molar-refractivity contribution in [3.05, 3.63) is 27.0 Å². The van der Waals surface area contributed by atoms with Crippen molar-refractivity contribution in [2.24, 2.45) is 0 Å². The van der Waals surface area contributed by atoms with Crippen LogP contribution in [0.15, 0.2) is 15.8 Å². The zero-order valence-electron chi connectivity index (χ0n) is 5.71. The molecular formula is C5H6N2O4. The van der Waals surface area contributed by atoms with Gasteiger partial charge in [-0.1, -0.05) is 0 Å². The SMILES string of the molecule is COOc1c[nH]c(=O)[nH]c1=O. The van der Waals surface area contributed by atoms with Crippen molar-refractivity contribution in [3.8, 4) is 5.75 Å². The standard InChI is InChI=1S/C5H6N2O4/c1-10-11-3-2-6-5(9)7-4(3)8/h2H,1H3,(H2,6,7,8,9). The largest absolute Gasteiger partial charge is 0.330 e. The highest BCUT2D eigenvalue weighted by Gasteiger charge is 1.99. The number of rotatable bonds is 2.